The molecular weight excluding hydrogens is 176 g/mol. The van der Waals surface area contributed by atoms with Gasteiger partial charge in [0, 0.05) is 20.1 Å². The number of carbonyl (C=O) groups excluding carboxylic acids is 1. The summed E-state index contributed by atoms with van der Waals surface area (Å²) < 4.78 is 0. The summed E-state index contributed by atoms with van der Waals surface area (Å²) in [5, 5.41) is 0. The van der Waals surface area contributed by atoms with Gasteiger partial charge in [0.05, 0.1) is 5.92 Å². The molecule has 0 aliphatic carbocycles. The summed E-state index contributed by atoms with van der Waals surface area (Å²) in [7, 11) is 1.85. The van der Waals surface area contributed by atoms with Gasteiger partial charge < -0.3 is 10.6 Å². The van der Waals surface area contributed by atoms with Crippen molar-refractivity contribution in [3.63, 3.8) is 0 Å². The molecule has 14 heavy (non-hydrogen) atoms. The Balaban J connectivity index is 4.27. The summed E-state index contributed by atoms with van der Waals surface area (Å²) in [6.07, 6.45) is 0. The van der Waals surface area contributed by atoms with Crippen LogP contribution >= 0.6 is 0 Å². The number of amides is 1. The monoisotopic (exact) mass is 200 g/mol. The smallest absolute Gasteiger partial charge is 0.226 e. The quantitative estimate of drug-likeness (QED) is 0.728. The molecule has 0 bridgehead atoms. The highest BCUT2D eigenvalue weighted by atomic mass is 16.2. The molecule has 3 nitrogen and oxygen atoms in total. The van der Waals surface area contributed by atoms with Gasteiger partial charge in [-0.25, -0.2) is 0 Å². The van der Waals surface area contributed by atoms with E-state index in [9.17, 15) is 4.79 Å². The van der Waals surface area contributed by atoms with Crippen LogP contribution in [0.1, 0.15) is 27.7 Å². The fourth-order valence-electron chi connectivity index (χ4n) is 1.58. The van der Waals surface area contributed by atoms with Crippen molar-refractivity contribution in [1.82, 2.24) is 4.90 Å². The second-order valence-corrected chi connectivity index (χ2v) is 4.70. The van der Waals surface area contributed by atoms with Crippen molar-refractivity contribution >= 4 is 5.91 Å². The Bertz CT molecular complexity index is 178. The van der Waals surface area contributed by atoms with Crippen LogP contribution < -0.4 is 5.73 Å². The van der Waals surface area contributed by atoms with Gasteiger partial charge in [-0.3, -0.25) is 4.79 Å². The van der Waals surface area contributed by atoms with E-state index in [4.69, 9.17) is 5.73 Å². The van der Waals surface area contributed by atoms with E-state index >= 15 is 0 Å². The number of carbonyl (C=O) groups is 1. The number of nitrogens with two attached hydrogens (primary N) is 1. The molecule has 84 valence electrons. The summed E-state index contributed by atoms with van der Waals surface area (Å²) in [6.45, 7) is 9.55. The molecule has 0 fully saturated rings. The first-order chi connectivity index (χ1) is 6.40. The Morgan fingerprint density at radius 1 is 1.29 bits per heavy atom. The van der Waals surface area contributed by atoms with E-state index in [1.807, 2.05) is 20.9 Å². The standard InChI is InChI=1S/C11H24N2O/c1-8(2)7-13(5)11(14)10(6-12)9(3)4/h8-10H,6-7,12H2,1-5H3. The molecule has 0 aliphatic heterocycles. The predicted octanol–water partition coefficient (Wildman–Crippen LogP) is 1.33. The molecule has 0 spiro atoms. The fourth-order valence-corrected chi connectivity index (χ4v) is 1.58. The summed E-state index contributed by atoms with van der Waals surface area (Å²) in [6, 6.07) is 0. The van der Waals surface area contributed by atoms with Gasteiger partial charge in [0.25, 0.3) is 0 Å². The lowest BCUT2D eigenvalue weighted by Gasteiger charge is -2.26. The van der Waals surface area contributed by atoms with Crippen LogP contribution in [-0.4, -0.2) is 30.9 Å². The fraction of sp³-hybridized carbons (Fsp3) is 0.909. The van der Waals surface area contributed by atoms with Crippen LogP contribution in [0.2, 0.25) is 0 Å². The Kier molecular flexibility index (Phi) is 5.77. The van der Waals surface area contributed by atoms with Crippen molar-refractivity contribution < 1.29 is 4.79 Å². The molecule has 0 aliphatic rings. The van der Waals surface area contributed by atoms with Crippen molar-refractivity contribution in [2.24, 2.45) is 23.5 Å². The molecule has 1 atom stereocenters. The molecule has 1 unspecified atom stereocenters. The minimum atomic E-state index is -0.0289. The average Bonchev–Trinajstić information content (AvgIpc) is 2.03. The second kappa shape index (κ2) is 6.02. The van der Waals surface area contributed by atoms with Crippen LogP contribution in [0.15, 0.2) is 0 Å². The Labute approximate surface area is 87.6 Å². The van der Waals surface area contributed by atoms with Crippen molar-refractivity contribution in [2.75, 3.05) is 20.1 Å². The van der Waals surface area contributed by atoms with E-state index in [0.29, 0.717) is 18.4 Å². The van der Waals surface area contributed by atoms with Crippen molar-refractivity contribution in [3.8, 4) is 0 Å². The molecule has 2 N–H and O–H groups in total. The Morgan fingerprint density at radius 3 is 2.07 bits per heavy atom. The second-order valence-electron chi connectivity index (χ2n) is 4.70. The highest BCUT2D eigenvalue weighted by Gasteiger charge is 2.23. The summed E-state index contributed by atoms with van der Waals surface area (Å²) >= 11 is 0. The van der Waals surface area contributed by atoms with Gasteiger partial charge in [-0.1, -0.05) is 27.7 Å². The molecule has 0 rings (SSSR count). The molecule has 3 heteroatoms. The van der Waals surface area contributed by atoms with Gasteiger partial charge in [0.2, 0.25) is 5.91 Å². The average molecular weight is 200 g/mol. The maximum atomic E-state index is 11.9. The van der Waals surface area contributed by atoms with Gasteiger partial charge in [0.15, 0.2) is 0 Å². The number of hydrogen-bond acceptors (Lipinski definition) is 2. The highest BCUT2D eigenvalue weighted by Crippen LogP contribution is 2.12. The summed E-state index contributed by atoms with van der Waals surface area (Å²) in [4.78, 5) is 13.7. The lowest BCUT2D eigenvalue weighted by atomic mass is 9.94. The summed E-state index contributed by atoms with van der Waals surface area (Å²) in [5.41, 5.74) is 5.60. The zero-order chi connectivity index (χ0) is 11.3. The highest BCUT2D eigenvalue weighted by molar-refractivity contribution is 5.79. The van der Waals surface area contributed by atoms with Gasteiger partial charge in [-0.15, -0.1) is 0 Å². The van der Waals surface area contributed by atoms with E-state index in [1.54, 1.807) is 4.90 Å². The molecule has 0 saturated carbocycles. The number of nitrogens with zero attached hydrogens (tertiary/aromatic N) is 1. The molecule has 0 aromatic carbocycles. The van der Waals surface area contributed by atoms with Crippen LogP contribution in [0.5, 0.6) is 0 Å². The third kappa shape index (κ3) is 4.09. The van der Waals surface area contributed by atoms with E-state index in [0.717, 1.165) is 6.54 Å². The minimum Gasteiger partial charge on any atom is -0.345 e. The van der Waals surface area contributed by atoms with Crippen LogP contribution in [0, 0.1) is 17.8 Å². The lowest BCUT2D eigenvalue weighted by Crippen LogP contribution is -2.40. The third-order valence-corrected chi connectivity index (χ3v) is 2.39. The van der Waals surface area contributed by atoms with Crippen molar-refractivity contribution in [2.45, 2.75) is 27.7 Å². The van der Waals surface area contributed by atoms with E-state index in [2.05, 4.69) is 13.8 Å². The largest absolute Gasteiger partial charge is 0.345 e. The van der Waals surface area contributed by atoms with Gasteiger partial charge in [0.1, 0.15) is 0 Å². The van der Waals surface area contributed by atoms with Crippen LogP contribution in [0.3, 0.4) is 0 Å². The molecular formula is C11H24N2O. The van der Waals surface area contributed by atoms with Crippen LogP contribution in [0.4, 0.5) is 0 Å². The van der Waals surface area contributed by atoms with E-state index in [1.165, 1.54) is 0 Å². The van der Waals surface area contributed by atoms with Crippen molar-refractivity contribution in [1.29, 1.82) is 0 Å². The molecule has 0 radical (unpaired) electrons. The van der Waals surface area contributed by atoms with Crippen LogP contribution in [0.25, 0.3) is 0 Å². The third-order valence-electron chi connectivity index (χ3n) is 2.39. The topological polar surface area (TPSA) is 46.3 Å². The molecule has 0 saturated heterocycles. The first kappa shape index (κ1) is 13.4. The molecule has 0 heterocycles. The number of hydrogen-bond donors (Lipinski definition) is 1. The first-order valence-corrected chi connectivity index (χ1v) is 5.35. The zero-order valence-electron chi connectivity index (χ0n) is 10.1. The molecule has 0 aromatic heterocycles. The van der Waals surface area contributed by atoms with Gasteiger partial charge >= 0.3 is 0 Å². The van der Waals surface area contributed by atoms with E-state index < -0.39 is 0 Å². The van der Waals surface area contributed by atoms with E-state index in [-0.39, 0.29) is 11.8 Å². The van der Waals surface area contributed by atoms with Gasteiger partial charge in [-0.2, -0.15) is 0 Å². The minimum absolute atomic E-state index is 0.0289. The van der Waals surface area contributed by atoms with Gasteiger partial charge in [-0.05, 0) is 11.8 Å². The Hall–Kier alpha value is -0.570. The molecule has 0 aromatic rings. The predicted molar refractivity (Wildman–Crippen MR) is 59.9 cm³/mol. The summed E-state index contributed by atoms with van der Waals surface area (Å²) in [5.74, 6) is 0.978. The van der Waals surface area contributed by atoms with Crippen molar-refractivity contribution in [3.05, 3.63) is 0 Å². The first-order valence-electron chi connectivity index (χ1n) is 5.35. The van der Waals surface area contributed by atoms with Crippen LogP contribution in [-0.2, 0) is 4.79 Å². The maximum absolute atomic E-state index is 11.9. The number of rotatable bonds is 5. The maximum Gasteiger partial charge on any atom is 0.226 e. The zero-order valence-corrected chi connectivity index (χ0v) is 10.1. The SMILES string of the molecule is CC(C)CN(C)C(=O)C(CN)C(C)C. The lowest BCUT2D eigenvalue weighted by molar-refractivity contribution is -0.135. The Morgan fingerprint density at radius 2 is 1.79 bits per heavy atom. The molecule has 1 amide bonds. The normalized spacial score (nSPS) is 13.4.